The number of hydrogen-bond donors (Lipinski definition) is 1. The van der Waals surface area contributed by atoms with Gasteiger partial charge in [-0.1, -0.05) is 58.4 Å². The smallest absolute Gasteiger partial charge is 0.0577 e. The minimum atomic E-state index is -0.0906. The molecule has 3 fully saturated rings. The largest absolute Gasteiger partial charge is 0.393 e. The highest BCUT2D eigenvalue weighted by molar-refractivity contribution is 5.26. The molecular formula is C28H46O. The Balaban J connectivity index is 1.49. The second kappa shape index (κ2) is 7.85. The third kappa shape index (κ3) is 3.58. The van der Waals surface area contributed by atoms with E-state index in [1.807, 2.05) is 0 Å². The summed E-state index contributed by atoms with van der Waals surface area (Å²) < 4.78 is 0. The van der Waals surface area contributed by atoms with Crippen LogP contribution in [0.3, 0.4) is 0 Å². The van der Waals surface area contributed by atoms with Gasteiger partial charge in [-0.3, -0.25) is 0 Å². The molecule has 29 heavy (non-hydrogen) atoms. The summed E-state index contributed by atoms with van der Waals surface area (Å²) in [6.45, 7) is 17.0. The van der Waals surface area contributed by atoms with Crippen molar-refractivity contribution in [2.75, 3.05) is 0 Å². The highest BCUT2D eigenvalue weighted by Gasteiger charge is 2.58. The molecule has 4 rings (SSSR count). The molecule has 0 aromatic carbocycles. The van der Waals surface area contributed by atoms with Crippen LogP contribution in [-0.2, 0) is 0 Å². The molecule has 0 amide bonds. The predicted molar refractivity (Wildman–Crippen MR) is 124 cm³/mol. The molecular weight excluding hydrogens is 352 g/mol. The molecule has 1 nitrogen and oxygen atoms in total. The maximum absolute atomic E-state index is 10.2. The molecule has 0 aromatic heterocycles. The van der Waals surface area contributed by atoms with Gasteiger partial charge in [-0.15, -0.1) is 0 Å². The van der Waals surface area contributed by atoms with E-state index in [9.17, 15) is 5.11 Å². The van der Waals surface area contributed by atoms with Gasteiger partial charge < -0.3 is 5.11 Å². The first-order valence-electron chi connectivity index (χ1n) is 12.7. The average Bonchev–Trinajstić information content (AvgIpc) is 3.03. The third-order valence-corrected chi connectivity index (χ3v) is 10.6. The maximum Gasteiger partial charge on any atom is 0.0577 e. The fourth-order valence-electron chi connectivity index (χ4n) is 8.23. The summed E-state index contributed by atoms with van der Waals surface area (Å²) in [4.78, 5) is 0. The first-order chi connectivity index (χ1) is 13.7. The van der Waals surface area contributed by atoms with E-state index in [1.54, 1.807) is 11.1 Å². The lowest BCUT2D eigenvalue weighted by atomic mass is 9.47. The van der Waals surface area contributed by atoms with E-state index in [2.05, 4.69) is 47.3 Å². The van der Waals surface area contributed by atoms with Gasteiger partial charge in [-0.2, -0.15) is 0 Å². The van der Waals surface area contributed by atoms with Gasteiger partial charge in [0.15, 0.2) is 0 Å². The van der Waals surface area contributed by atoms with E-state index in [0.717, 1.165) is 48.3 Å². The molecule has 0 saturated heterocycles. The number of hydrogen-bond acceptors (Lipinski definition) is 1. The number of allylic oxidation sites excluding steroid dienone is 2. The predicted octanol–water partition coefficient (Wildman–Crippen LogP) is 7.55. The van der Waals surface area contributed by atoms with Crippen molar-refractivity contribution in [1.82, 2.24) is 0 Å². The molecule has 1 unspecified atom stereocenters. The molecule has 0 bridgehead atoms. The second-order valence-corrected chi connectivity index (χ2v) is 12.2. The Morgan fingerprint density at radius 3 is 2.59 bits per heavy atom. The molecule has 4 aliphatic carbocycles. The first-order valence-corrected chi connectivity index (χ1v) is 12.7. The molecule has 4 aliphatic rings. The van der Waals surface area contributed by atoms with Crippen molar-refractivity contribution >= 4 is 0 Å². The summed E-state index contributed by atoms with van der Waals surface area (Å²) >= 11 is 0. The first kappa shape index (κ1) is 21.7. The number of fused-ring (bicyclic) bond motifs is 5. The number of rotatable bonds is 5. The second-order valence-electron chi connectivity index (χ2n) is 12.2. The van der Waals surface area contributed by atoms with Crippen LogP contribution in [0.4, 0.5) is 0 Å². The van der Waals surface area contributed by atoms with Crippen molar-refractivity contribution in [3.05, 3.63) is 23.8 Å². The fraction of sp³-hybridized carbons (Fsp3) is 0.857. The van der Waals surface area contributed by atoms with E-state index in [-0.39, 0.29) is 6.10 Å². The molecule has 0 aromatic rings. The Morgan fingerprint density at radius 1 is 1.10 bits per heavy atom. The van der Waals surface area contributed by atoms with Gasteiger partial charge in [0.2, 0.25) is 0 Å². The summed E-state index contributed by atoms with van der Waals surface area (Å²) in [6.07, 6.45) is 15.0. The van der Waals surface area contributed by atoms with Crippen molar-refractivity contribution in [3.63, 3.8) is 0 Å². The molecule has 1 N–H and O–H groups in total. The quantitative estimate of drug-likeness (QED) is 0.474. The van der Waals surface area contributed by atoms with Gasteiger partial charge in [0.05, 0.1) is 6.10 Å². The monoisotopic (exact) mass is 398 g/mol. The van der Waals surface area contributed by atoms with Crippen molar-refractivity contribution < 1.29 is 5.11 Å². The normalized spacial score (nSPS) is 45.2. The van der Waals surface area contributed by atoms with Gasteiger partial charge >= 0.3 is 0 Å². The zero-order chi connectivity index (χ0) is 21.0. The van der Waals surface area contributed by atoms with Gasteiger partial charge in [0.1, 0.15) is 0 Å². The molecule has 3 saturated carbocycles. The lowest BCUT2D eigenvalue weighted by Gasteiger charge is -2.58. The van der Waals surface area contributed by atoms with Crippen LogP contribution >= 0.6 is 0 Å². The summed E-state index contributed by atoms with van der Waals surface area (Å²) in [6, 6.07) is 0. The van der Waals surface area contributed by atoms with Crippen LogP contribution < -0.4 is 0 Å². The van der Waals surface area contributed by atoms with E-state index in [4.69, 9.17) is 0 Å². The number of aliphatic hydroxyl groups is 1. The zero-order valence-electron chi connectivity index (χ0n) is 19.8. The SMILES string of the molecule is C=C(CC[C@H](C)C(C)C)[C@H]1CC[C@H]2[C@@H]3CC=C4CC(O)CC[C@]4(C)[C@H]3CC[C@]12C. The minimum absolute atomic E-state index is 0.0906. The summed E-state index contributed by atoms with van der Waals surface area (Å²) in [5, 5.41) is 10.2. The molecule has 164 valence electrons. The highest BCUT2D eigenvalue weighted by atomic mass is 16.3. The van der Waals surface area contributed by atoms with Crippen molar-refractivity contribution in [2.45, 2.75) is 105 Å². The lowest BCUT2D eigenvalue weighted by molar-refractivity contribution is -0.0457. The maximum atomic E-state index is 10.2. The van der Waals surface area contributed by atoms with Crippen LogP contribution in [0.1, 0.15) is 98.8 Å². The van der Waals surface area contributed by atoms with Gasteiger partial charge in [0, 0.05) is 0 Å². The van der Waals surface area contributed by atoms with E-state index >= 15 is 0 Å². The van der Waals surface area contributed by atoms with Crippen molar-refractivity contribution in [3.8, 4) is 0 Å². The molecule has 1 heteroatoms. The van der Waals surface area contributed by atoms with Crippen LogP contribution in [0, 0.1) is 46.3 Å². The molecule has 0 heterocycles. The highest BCUT2D eigenvalue weighted by Crippen LogP contribution is 2.67. The lowest BCUT2D eigenvalue weighted by Crippen LogP contribution is -2.50. The summed E-state index contributed by atoms with van der Waals surface area (Å²) in [5.41, 5.74) is 4.02. The summed E-state index contributed by atoms with van der Waals surface area (Å²) in [5.74, 6) is 4.93. The van der Waals surface area contributed by atoms with Crippen LogP contribution in [-0.4, -0.2) is 11.2 Å². The van der Waals surface area contributed by atoms with Crippen LogP contribution in [0.15, 0.2) is 23.8 Å². The molecule has 8 atom stereocenters. The van der Waals surface area contributed by atoms with Crippen LogP contribution in [0.5, 0.6) is 0 Å². The summed E-state index contributed by atoms with van der Waals surface area (Å²) in [7, 11) is 0. The van der Waals surface area contributed by atoms with Crippen molar-refractivity contribution in [1.29, 1.82) is 0 Å². The Bertz CT molecular complexity index is 659. The topological polar surface area (TPSA) is 20.2 Å². The molecule has 0 spiro atoms. The standard InChI is InChI=1S/C28H46O/c1-18(2)19(3)7-8-20(4)24-11-12-25-23-10-9-21-17-22(29)13-15-27(21,5)26(23)14-16-28(24,25)6/h9,18-19,22-26,29H,4,7-8,10-17H2,1-3,5-6H3/t19-,22?,23-,24+,25-,26-,27-,28+/m0/s1. The Hall–Kier alpha value is -0.560. The Morgan fingerprint density at radius 2 is 1.86 bits per heavy atom. The van der Waals surface area contributed by atoms with E-state index in [0.29, 0.717) is 10.8 Å². The van der Waals surface area contributed by atoms with Crippen LogP contribution in [0.25, 0.3) is 0 Å². The number of aliphatic hydroxyl groups excluding tert-OH is 1. The van der Waals surface area contributed by atoms with E-state index in [1.165, 1.54) is 51.4 Å². The molecule has 0 aliphatic heterocycles. The minimum Gasteiger partial charge on any atom is -0.393 e. The molecule has 0 radical (unpaired) electrons. The van der Waals surface area contributed by atoms with Crippen LogP contribution in [0.2, 0.25) is 0 Å². The zero-order valence-corrected chi connectivity index (χ0v) is 19.8. The Kier molecular flexibility index (Phi) is 5.86. The van der Waals surface area contributed by atoms with Crippen molar-refractivity contribution in [2.24, 2.45) is 46.3 Å². The van der Waals surface area contributed by atoms with Gasteiger partial charge in [0.25, 0.3) is 0 Å². The van der Waals surface area contributed by atoms with Gasteiger partial charge in [-0.05, 0) is 111 Å². The van der Waals surface area contributed by atoms with Gasteiger partial charge in [-0.25, -0.2) is 0 Å². The average molecular weight is 399 g/mol. The Labute approximate surface area is 180 Å². The third-order valence-electron chi connectivity index (χ3n) is 10.6. The fourth-order valence-corrected chi connectivity index (χ4v) is 8.23. The van der Waals surface area contributed by atoms with E-state index < -0.39 is 0 Å².